The zero-order chi connectivity index (χ0) is 19.5. The number of benzene rings is 1. The fourth-order valence-electron chi connectivity index (χ4n) is 1.73. The maximum Gasteiger partial charge on any atom is 0.327 e. The van der Waals surface area contributed by atoms with Crippen LogP contribution in [0.2, 0.25) is 0 Å². The minimum atomic E-state index is -3.90. The molecule has 0 aromatic heterocycles. The van der Waals surface area contributed by atoms with E-state index in [4.69, 9.17) is 9.47 Å². The van der Waals surface area contributed by atoms with Crippen molar-refractivity contribution in [2.24, 2.45) is 0 Å². The maximum atomic E-state index is 12.6. The van der Waals surface area contributed by atoms with E-state index >= 15 is 0 Å². The SMILES string of the molecule is CC(C)(C)OCC(NS(=O)(=O)c1ccc(Br)cc1)C(=O)OC(C)(C)C. The Kier molecular flexibility index (Phi) is 7.21. The number of hydrogen-bond donors (Lipinski definition) is 1. The Bertz CT molecular complexity index is 687. The molecule has 1 rings (SSSR count). The molecule has 8 heteroatoms. The summed E-state index contributed by atoms with van der Waals surface area (Å²) >= 11 is 3.26. The molecule has 1 unspecified atom stereocenters. The summed E-state index contributed by atoms with van der Waals surface area (Å²) in [6.07, 6.45) is 0. The molecular formula is C17H26BrNO5S. The molecule has 142 valence electrons. The van der Waals surface area contributed by atoms with E-state index in [1.54, 1.807) is 32.9 Å². The lowest BCUT2D eigenvalue weighted by Gasteiger charge is -2.27. The van der Waals surface area contributed by atoms with Crippen LogP contribution in [0.1, 0.15) is 41.5 Å². The highest BCUT2D eigenvalue weighted by atomic mass is 79.9. The predicted octanol–water partition coefficient (Wildman–Crippen LogP) is 3.25. The summed E-state index contributed by atoms with van der Waals surface area (Å²) in [5, 5.41) is 0. The Morgan fingerprint density at radius 1 is 1.08 bits per heavy atom. The first-order valence-corrected chi connectivity index (χ1v) is 10.1. The van der Waals surface area contributed by atoms with Crippen molar-refractivity contribution in [2.45, 2.75) is 63.7 Å². The minimum absolute atomic E-state index is 0.0556. The summed E-state index contributed by atoms with van der Waals surface area (Å²) in [5.74, 6) is -0.683. The van der Waals surface area contributed by atoms with Crippen LogP contribution in [0.15, 0.2) is 33.6 Å². The highest BCUT2D eigenvalue weighted by Crippen LogP contribution is 2.17. The first-order valence-electron chi connectivity index (χ1n) is 7.84. The van der Waals surface area contributed by atoms with E-state index < -0.39 is 33.2 Å². The lowest BCUT2D eigenvalue weighted by Crippen LogP contribution is -2.48. The number of sulfonamides is 1. The summed E-state index contributed by atoms with van der Waals surface area (Å²) in [4.78, 5) is 12.5. The average Bonchev–Trinajstić information content (AvgIpc) is 2.41. The zero-order valence-corrected chi connectivity index (χ0v) is 17.8. The third-order valence-corrected chi connectivity index (χ3v) is 4.81. The van der Waals surface area contributed by atoms with Gasteiger partial charge in [-0.1, -0.05) is 15.9 Å². The lowest BCUT2D eigenvalue weighted by atomic mass is 10.2. The molecule has 0 saturated carbocycles. The van der Waals surface area contributed by atoms with Gasteiger partial charge in [0.15, 0.2) is 0 Å². The van der Waals surface area contributed by atoms with E-state index in [0.717, 1.165) is 4.47 Å². The third kappa shape index (κ3) is 8.31. The Morgan fingerprint density at radius 3 is 2.04 bits per heavy atom. The van der Waals surface area contributed by atoms with Crippen molar-refractivity contribution in [3.63, 3.8) is 0 Å². The van der Waals surface area contributed by atoms with E-state index in [2.05, 4.69) is 20.7 Å². The predicted molar refractivity (Wildman–Crippen MR) is 99.8 cm³/mol. The topological polar surface area (TPSA) is 81.7 Å². The normalized spacial score (nSPS) is 14.2. The van der Waals surface area contributed by atoms with Crippen molar-refractivity contribution in [2.75, 3.05) is 6.61 Å². The van der Waals surface area contributed by atoms with Crippen molar-refractivity contribution >= 4 is 31.9 Å². The third-order valence-electron chi connectivity index (χ3n) is 2.80. The Hall–Kier alpha value is -0.960. The fraction of sp³-hybridized carbons (Fsp3) is 0.588. The minimum Gasteiger partial charge on any atom is -0.459 e. The van der Waals surface area contributed by atoms with Gasteiger partial charge >= 0.3 is 5.97 Å². The van der Waals surface area contributed by atoms with Gasteiger partial charge in [-0.05, 0) is 65.8 Å². The molecular weight excluding hydrogens is 410 g/mol. The Labute approximate surface area is 158 Å². The molecule has 0 fully saturated rings. The molecule has 0 aliphatic heterocycles. The Morgan fingerprint density at radius 2 is 1.60 bits per heavy atom. The molecule has 25 heavy (non-hydrogen) atoms. The van der Waals surface area contributed by atoms with E-state index in [-0.39, 0.29) is 11.5 Å². The summed E-state index contributed by atoms with van der Waals surface area (Å²) in [6, 6.07) is 4.98. The standard InChI is InChI=1S/C17H26BrNO5S/c1-16(2,3)23-11-14(15(20)24-17(4,5)6)19-25(21,22)13-9-7-12(18)8-10-13/h7-10,14,19H,11H2,1-6H3. The fourth-order valence-corrected chi connectivity index (χ4v) is 3.16. The van der Waals surface area contributed by atoms with Crippen molar-refractivity contribution in [3.8, 4) is 0 Å². The molecule has 1 N–H and O–H groups in total. The van der Waals surface area contributed by atoms with Gasteiger partial charge in [0, 0.05) is 4.47 Å². The molecule has 0 bridgehead atoms. The number of rotatable bonds is 6. The van der Waals surface area contributed by atoms with Crippen LogP contribution >= 0.6 is 15.9 Å². The summed E-state index contributed by atoms with van der Waals surface area (Å²) in [7, 11) is -3.90. The number of carbonyl (C=O) groups excluding carboxylic acids is 1. The van der Waals surface area contributed by atoms with Gasteiger partial charge < -0.3 is 9.47 Å². The number of hydrogen-bond acceptors (Lipinski definition) is 5. The van der Waals surface area contributed by atoms with Crippen molar-refractivity contribution in [1.29, 1.82) is 0 Å². The molecule has 0 aliphatic carbocycles. The molecule has 0 radical (unpaired) electrons. The van der Waals surface area contributed by atoms with Crippen LogP contribution in [0.3, 0.4) is 0 Å². The van der Waals surface area contributed by atoms with Crippen LogP contribution in [0.4, 0.5) is 0 Å². The number of ether oxygens (including phenoxy) is 2. The molecule has 1 aromatic carbocycles. The van der Waals surface area contributed by atoms with Gasteiger partial charge in [0.2, 0.25) is 10.0 Å². The summed E-state index contributed by atoms with van der Waals surface area (Å²) in [6.45, 7) is 10.5. The number of nitrogens with one attached hydrogen (secondary N) is 1. The molecule has 0 aliphatic rings. The number of halogens is 1. The molecule has 6 nitrogen and oxygen atoms in total. The molecule has 0 spiro atoms. The number of esters is 1. The van der Waals surface area contributed by atoms with Crippen LogP contribution in [0.5, 0.6) is 0 Å². The number of carbonyl (C=O) groups is 1. The highest BCUT2D eigenvalue weighted by Gasteiger charge is 2.31. The molecule has 0 heterocycles. The van der Waals surface area contributed by atoms with Crippen LogP contribution in [0, 0.1) is 0 Å². The molecule has 1 aromatic rings. The van der Waals surface area contributed by atoms with Gasteiger partial charge in [0.05, 0.1) is 17.1 Å². The van der Waals surface area contributed by atoms with Gasteiger partial charge in [-0.25, -0.2) is 8.42 Å². The van der Waals surface area contributed by atoms with Crippen LogP contribution in [-0.4, -0.2) is 38.2 Å². The smallest absolute Gasteiger partial charge is 0.327 e. The van der Waals surface area contributed by atoms with Crippen LogP contribution in [0.25, 0.3) is 0 Å². The molecule has 0 saturated heterocycles. The second-order valence-electron chi connectivity index (χ2n) is 7.58. The van der Waals surface area contributed by atoms with E-state index in [9.17, 15) is 13.2 Å². The van der Waals surface area contributed by atoms with Gasteiger partial charge in [-0.15, -0.1) is 0 Å². The van der Waals surface area contributed by atoms with Gasteiger partial charge in [0.25, 0.3) is 0 Å². The monoisotopic (exact) mass is 435 g/mol. The van der Waals surface area contributed by atoms with E-state index in [1.165, 1.54) is 12.1 Å². The highest BCUT2D eigenvalue weighted by molar-refractivity contribution is 9.10. The quantitative estimate of drug-likeness (QED) is 0.693. The second kappa shape index (κ2) is 8.16. The molecule has 1 atom stereocenters. The Balaban J connectivity index is 3.01. The van der Waals surface area contributed by atoms with Crippen molar-refractivity contribution < 1.29 is 22.7 Å². The second-order valence-corrected chi connectivity index (χ2v) is 10.2. The first kappa shape index (κ1) is 22.1. The maximum absolute atomic E-state index is 12.6. The average molecular weight is 436 g/mol. The first-order chi connectivity index (χ1) is 11.2. The van der Waals surface area contributed by atoms with Crippen molar-refractivity contribution in [3.05, 3.63) is 28.7 Å². The van der Waals surface area contributed by atoms with Crippen LogP contribution in [-0.2, 0) is 24.3 Å². The van der Waals surface area contributed by atoms with Crippen LogP contribution < -0.4 is 4.72 Å². The summed E-state index contributed by atoms with van der Waals surface area (Å²) < 4.78 is 39.2. The zero-order valence-electron chi connectivity index (χ0n) is 15.4. The van der Waals surface area contributed by atoms with Gasteiger partial charge in [0.1, 0.15) is 11.6 Å². The summed E-state index contributed by atoms with van der Waals surface area (Å²) in [5.41, 5.74) is -1.26. The lowest BCUT2D eigenvalue weighted by molar-refractivity contribution is -0.159. The van der Waals surface area contributed by atoms with Crippen molar-refractivity contribution in [1.82, 2.24) is 4.72 Å². The van der Waals surface area contributed by atoms with E-state index in [0.29, 0.717) is 0 Å². The molecule has 0 amide bonds. The van der Waals surface area contributed by atoms with E-state index in [1.807, 2.05) is 20.8 Å². The largest absolute Gasteiger partial charge is 0.459 e. The van der Waals surface area contributed by atoms with Gasteiger partial charge in [-0.3, -0.25) is 4.79 Å². The van der Waals surface area contributed by atoms with Gasteiger partial charge in [-0.2, -0.15) is 4.72 Å².